The van der Waals surface area contributed by atoms with Gasteiger partial charge in [-0.05, 0) is 44.4 Å². The highest BCUT2D eigenvalue weighted by atomic mass is 35.5. The van der Waals surface area contributed by atoms with Gasteiger partial charge in [0, 0.05) is 49.0 Å². The fraction of sp³-hybridized carbons (Fsp3) is 0.269. The minimum Gasteiger partial charge on any atom is -0.461 e. The van der Waals surface area contributed by atoms with Gasteiger partial charge in [0.1, 0.15) is 16.9 Å². The van der Waals surface area contributed by atoms with Crippen LogP contribution in [0.2, 0.25) is 0 Å². The Morgan fingerprint density at radius 3 is 2.59 bits per heavy atom. The Morgan fingerprint density at radius 2 is 1.84 bits per heavy atom. The Bertz CT molecular complexity index is 1440. The molecule has 3 atom stereocenters. The summed E-state index contributed by atoms with van der Waals surface area (Å²) in [7, 11) is 5.55. The molecular formula is C26H25ClF2N6O2. The molecule has 0 spiro atoms. The molecule has 1 fully saturated rings. The minimum absolute atomic E-state index is 0.157. The van der Waals surface area contributed by atoms with Crippen molar-refractivity contribution in [2.45, 2.75) is 23.6 Å². The van der Waals surface area contributed by atoms with Gasteiger partial charge in [0.2, 0.25) is 11.7 Å². The number of alkyl halides is 1. The maximum Gasteiger partial charge on any atom is 0.229 e. The zero-order chi connectivity index (χ0) is 26.2. The molecule has 192 valence electrons. The number of hydrogen-bond donors (Lipinski definition) is 2. The number of fused-ring (bicyclic) bond motifs is 1. The van der Waals surface area contributed by atoms with Gasteiger partial charge in [0.05, 0.1) is 17.4 Å². The van der Waals surface area contributed by atoms with Crippen LogP contribution in [0.3, 0.4) is 0 Å². The summed E-state index contributed by atoms with van der Waals surface area (Å²) in [4.78, 5) is 15.0. The van der Waals surface area contributed by atoms with E-state index < -0.39 is 17.4 Å². The van der Waals surface area contributed by atoms with E-state index in [1.54, 1.807) is 25.4 Å². The molecule has 0 amide bonds. The summed E-state index contributed by atoms with van der Waals surface area (Å²) in [6.45, 7) is 0. The molecule has 0 radical (unpaired) electrons. The third-order valence-electron chi connectivity index (χ3n) is 6.29. The number of anilines is 4. The van der Waals surface area contributed by atoms with Crippen molar-refractivity contribution in [3.05, 3.63) is 72.6 Å². The van der Waals surface area contributed by atoms with E-state index >= 15 is 0 Å². The van der Waals surface area contributed by atoms with Gasteiger partial charge in [-0.2, -0.15) is 4.98 Å². The maximum atomic E-state index is 13.6. The van der Waals surface area contributed by atoms with Gasteiger partial charge in [-0.3, -0.25) is 4.98 Å². The molecule has 2 aromatic heterocycles. The SMILES string of the molecule is CO[C@]1(Oc2cccc(Nc3nccc(Nc4cnc5cc(F)c(F)cc5c4)n3)c2)C[C@H](N(C)C)[C@@H]1Cl. The molecule has 0 saturated heterocycles. The normalized spacial score (nSPS) is 21.1. The van der Waals surface area contributed by atoms with E-state index in [4.69, 9.17) is 21.1 Å². The van der Waals surface area contributed by atoms with Crippen LogP contribution < -0.4 is 15.4 Å². The summed E-state index contributed by atoms with van der Waals surface area (Å²) < 4.78 is 38.9. The lowest BCUT2D eigenvalue weighted by atomic mass is 9.83. The van der Waals surface area contributed by atoms with Crippen molar-refractivity contribution < 1.29 is 18.3 Å². The van der Waals surface area contributed by atoms with E-state index in [-0.39, 0.29) is 11.4 Å². The zero-order valence-electron chi connectivity index (χ0n) is 20.4. The number of hydrogen-bond acceptors (Lipinski definition) is 8. The van der Waals surface area contributed by atoms with Gasteiger partial charge in [0.25, 0.3) is 0 Å². The lowest BCUT2D eigenvalue weighted by Gasteiger charge is -2.52. The number of aromatic nitrogens is 3. The van der Waals surface area contributed by atoms with Gasteiger partial charge in [-0.1, -0.05) is 6.07 Å². The van der Waals surface area contributed by atoms with Crippen LogP contribution in [0.1, 0.15) is 6.42 Å². The van der Waals surface area contributed by atoms with Crippen LogP contribution in [0, 0.1) is 11.6 Å². The minimum atomic E-state index is -0.938. The predicted molar refractivity (Wildman–Crippen MR) is 139 cm³/mol. The third-order valence-corrected chi connectivity index (χ3v) is 6.92. The second-order valence-corrected chi connectivity index (χ2v) is 9.45. The molecule has 0 unspecified atom stereocenters. The first-order valence-corrected chi connectivity index (χ1v) is 12.0. The van der Waals surface area contributed by atoms with E-state index in [2.05, 4.69) is 30.5 Å². The summed E-state index contributed by atoms with van der Waals surface area (Å²) in [5.41, 5.74) is 1.63. The van der Waals surface area contributed by atoms with Gasteiger partial charge < -0.3 is 25.0 Å². The molecule has 1 aliphatic carbocycles. The Morgan fingerprint density at radius 1 is 1.03 bits per heavy atom. The first kappa shape index (κ1) is 25.1. The van der Waals surface area contributed by atoms with Gasteiger partial charge >= 0.3 is 0 Å². The smallest absolute Gasteiger partial charge is 0.229 e. The van der Waals surface area contributed by atoms with Crippen molar-refractivity contribution in [1.29, 1.82) is 0 Å². The second kappa shape index (κ2) is 10.0. The largest absolute Gasteiger partial charge is 0.461 e. The first-order chi connectivity index (χ1) is 17.8. The van der Waals surface area contributed by atoms with Crippen LogP contribution >= 0.6 is 11.6 Å². The lowest BCUT2D eigenvalue weighted by Crippen LogP contribution is -2.67. The summed E-state index contributed by atoms with van der Waals surface area (Å²) in [5.74, 6) is -1.35. The Balaban J connectivity index is 1.29. The molecule has 2 aromatic carbocycles. The molecule has 5 rings (SSSR count). The average molecular weight is 527 g/mol. The molecule has 1 aliphatic rings. The van der Waals surface area contributed by atoms with Crippen LogP contribution in [-0.4, -0.2) is 58.3 Å². The predicted octanol–water partition coefficient (Wildman–Crippen LogP) is 5.45. The molecule has 2 N–H and O–H groups in total. The van der Waals surface area contributed by atoms with Crippen molar-refractivity contribution in [2.75, 3.05) is 31.8 Å². The number of benzene rings is 2. The molecule has 2 heterocycles. The molecule has 4 aromatic rings. The summed E-state index contributed by atoms with van der Waals surface area (Å²) in [5, 5.41) is 6.41. The van der Waals surface area contributed by atoms with Crippen LogP contribution in [0.4, 0.5) is 31.9 Å². The quantitative estimate of drug-likeness (QED) is 0.231. The van der Waals surface area contributed by atoms with Crippen LogP contribution in [0.25, 0.3) is 10.9 Å². The van der Waals surface area contributed by atoms with E-state index in [1.807, 2.05) is 38.4 Å². The van der Waals surface area contributed by atoms with Crippen molar-refractivity contribution in [1.82, 2.24) is 19.9 Å². The number of nitrogens with one attached hydrogen (secondary N) is 2. The average Bonchev–Trinajstić information content (AvgIpc) is 2.87. The molecule has 1 saturated carbocycles. The second-order valence-electron chi connectivity index (χ2n) is 8.98. The standard InChI is InChI=1S/C26H25ClF2N6O2/c1-35(2)22-13-26(36-3,24(22)27)37-18-6-4-5-16(11-18)33-25-30-8-7-23(34-25)32-17-9-15-10-19(28)20(29)12-21(15)31-14-17/h4-12,14,22,24H,13H2,1-3H3,(H2,30,32,33,34)/t22-,24-,26-/m0/s1. The topological polar surface area (TPSA) is 84.4 Å². The third kappa shape index (κ3) is 5.13. The van der Waals surface area contributed by atoms with E-state index in [1.165, 1.54) is 6.20 Å². The Hall–Kier alpha value is -3.60. The summed E-state index contributed by atoms with van der Waals surface area (Å²) >= 11 is 6.61. The van der Waals surface area contributed by atoms with Gasteiger partial charge in [0.15, 0.2) is 11.6 Å². The van der Waals surface area contributed by atoms with E-state index in [0.29, 0.717) is 46.2 Å². The van der Waals surface area contributed by atoms with Crippen molar-refractivity contribution in [3.8, 4) is 5.75 Å². The Kier molecular flexibility index (Phi) is 6.80. The number of pyridine rings is 1. The van der Waals surface area contributed by atoms with Crippen LogP contribution in [0.5, 0.6) is 5.75 Å². The monoisotopic (exact) mass is 526 g/mol. The van der Waals surface area contributed by atoms with Crippen LogP contribution in [-0.2, 0) is 4.74 Å². The highest BCUT2D eigenvalue weighted by Crippen LogP contribution is 2.43. The number of halogens is 3. The molecule has 0 aliphatic heterocycles. The fourth-order valence-electron chi connectivity index (χ4n) is 4.21. The summed E-state index contributed by atoms with van der Waals surface area (Å²) in [6, 6.07) is 13.0. The highest BCUT2D eigenvalue weighted by Gasteiger charge is 2.57. The summed E-state index contributed by atoms with van der Waals surface area (Å²) in [6.07, 6.45) is 3.76. The molecular weight excluding hydrogens is 502 g/mol. The molecule has 8 nitrogen and oxygen atoms in total. The number of methoxy groups -OCH3 is 1. The van der Waals surface area contributed by atoms with Gasteiger partial charge in [-0.15, -0.1) is 11.6 Å². The maximum absolute atomic E-state index is 13.6. The zero-order valence-corrected chi connectivity index (χ0v) is 21.1. The molecule has 11 heteroatoms. The number of nitrogens with zero attached hydrogens (tertiary/aromatic N) is 4. The van der Waals surface area contributed by atoms with Gasteiger partial charge in [-0.25, -0.2) is 13.8 Å². The number of ether oxygens (including phenoxy) is 2. The van der Waals surface area contributed by atoms with Crippen LogP contribution in [0.15, 0.2) is 60.9 Å². The molecule has 0 bridgehead atoms. The lowest BCUT2D eigenvalue weighted by molar-refractivity contribution is -0.229. The van der Waals surface area contributed by atoms with Crippen molar-refractivity contribution >= 4 is 45.6 Å². The number of rotatable bonds is 8. The van der Waals surface area contributed by atoms with Crippen molar-refractivity contribution in [3.63, 3.8) is 0 Å². The first-order valence-electron chi connectivity index (χ1n) is 11.5. The van der Waals surface area contributed by atoms with E-state index in [9.17, 15) is 8.78 Å². The fourth-order valence-corrected chi connectivity index (χ4v) is 4.75. The Labute approximate surface area is 217 Å². The van der Waals surface area contributed by atoms with Crippen molar-refractivity contribution in [2.24, 2.45) is 0 Å². The van der Waals surface area contributed by atoms with E-state index in [0.717, 1.165) is 12.1 Å². The highest BCUT2D eigenvalue weighted by molar-refractivity contribution is 6.22. The molecule has 37 heavy (non-hydrogen) atoms.